The van der Waals surface area contributed by atoms with Gasteiger partial charge in [-0.1, -0.05) is 64.4 Å². The van der Waals surface area contributed by atoms with Crippen molar-refractivity contribution in [3.63, 3.8) is 0 Å². The molecule has 0 saturated heterocycles. The van der Waals surface area contributed by atoms with E-state index >= 15 is 0 Å². The third-order valence-electron chi connectivity index (χ3n) is 6.77. The summed E-state index contributed by atoms with van der Waals surface area (Å²) in [5.74, 6) is -7.20. The average molecular weight is 594 g/mol. The standard InChI is InChI=1S/C28H43N5O9/c1-6-15(4)23(33-25(38)21(29)16(5)34)27(40)30-18(13-20(35)36)24(37)32-22(14(2)3)26(39)31-19(28(41)42)12-17-10-8-7-9-11-17/h7-11,14-16,18-19,21-23,34H,6,12-13,29H2,1-5H3,(H,30,40)(H,31,39)(H,32,37)(H,33,38)(H,35,36)(H,41,42)/t15-,16+,18-,19-,21-,22-,23-/m0/s1. The summed E-state index contributed by atoms with van der Waals surface area (Å²) in [6.07, 6.45) is -1.64. The molecule has 0 unspecified atom stereocenters. The van der Waals surface area contributed by atoms with Crippen LogP contribution in [0.4, 0.5) is 0 Å². The number of carboxylic acid groups (broad SMARTS) is 2. The molecule has 0 saturated carbocycles. The van der Waals surface area contributed by atoms with Crippen LogP contribution in [0.15, 0.2) is 30.3 Å². The largest absolute Gasteiger partial charge is 0.481 e. The molecule has 0 heterocycles. The van der Waals surface area contributed by atoms with Crippen molar-refractivity contribution in [2.45, 2.75) is 90.2 Å². The molecule has 1 aromatic carbocycles. The Bertz CT molecular complexity index is 1100. The molecule has 0 radical (unpaired) electrons. The number of nitrogens with two attached hydrogens (primary N) is 1. The molecular weight excluding hydrogens is 550 g/mol. The first-order valence-electron chi connectivity index (χ1n) is 13.7. The number of carbonyl (C=O) groups excluding carboxylic acids is 4. The summed E-state index contributed by atoms with van der Waals surface area (Å²) < 4.78 is 0. The molecule has 4 amide bonds. The summed E-state index contributed by atoms with van der Waals surface area (Å²) >= 11 is 0. The van der Waals surface area contributed by atoms with Crippen LogP contribution >= 0.6 is 0 Å². The molecule has 0 aliphatic carbocycles. The molecule has 9 N–H and O–H groups in total. The highest BCUT2D eigenvalue weighted by atomic mass is 16.4. The molecule has 0 aliphatic rings. The van der Waals surface area contributed by atoms with E-state index in [2.05, 4.69) is 21.3 Å². The van der Waals surface area contributed by atoms with Gasteiger partial charge in [-0.05, 0) is 24.3 Å². The fourth-order valence-corrected chi connectivity index (χ4v) is 3.92. The maximum atomic E-state index is 13.2. The molecule has 0 bridgehead atoms. The molecule has 234 valence electrons. The lowest BCUT2D eigenvalue weighted by molar-refractivity contribution is -0.143. The molecular formula is C28H43N5O9. The maximum absolute atomic E-state index is 13.2. The van der Waals surface area contributed by atoms with Gasteiger partial charge in [0.15, 0.2) is 0 Å². The van der Waals surface area contributed by atoms with Gasteiger partial charge < -0.3 is 42.3 Å². The summed E-state index contributed by atoms with van der Waals surface area (Å²) in [6.45, 7) is 7.90. The van der Waals surface area contributed by atoms with Gasteiger partial charge in [-0.2, -0.15) is 0 Å². The second-order valence-corrected chi connectivity index (χ2v) is 10.6. The minimum absolute atomic E-state index is 0.0141. The van der Waals surface area contributed by atoms with Gasteiger partial charge in [0.05, 0.1) is 12.5 Å². The molecule has 0 spiro atoms. The number of aliphatic hydroxyl groups excluding tert-OH is 1. The third-order valence-corrected chi connectivity index (χ3v) is 6.77. The predicted octanol–water partition coefficient (Wildman–Crippen LogP) is -0.862. The van der Waals surface area contributed by atoms with Crippen molar-refractivity contribution < 1.29 is 44.1 Å². The number of hydrogen-bond donors (Lipinski definition) is 8. The van der Waals surface area contributed by atoms with Gasteiger partial charge >= 0.3 is 11.9 Å². The van der Waals surface area contributed by atoms with Gasteiger partial charge in [-0.25, -0.2) is 4.79 Å². The van der Waals surface area contributed by atoms with Crippen molar-refractivity contribution in [3.05, 3.63) is 35.9 Å². The number of amides is 4. The van der Waals surface area contributed by atoms with Crippen molar-refractivity contribution in [1.82, 2.24) is 21.3 Å². The molecule has 0 aliphatic heterocycles. The van der Waals surface area contributed by atoms with Gasteiger partial charge in [0, 0.05) is 6.42 Å². The van der Waals surface area contributed by atoms with Crippen LogP contribution < -0.4 is 27.0 Å². The number of aliphatic carboxylic acids is 2. The summed E-state index contributed by atoms with van der Waals surface area (Å²) in [6, 6.07) is 1.87. The van der Waals surface area contributed by atoms with Crippen LogP contribution in [0.2, 0.25) is 0 Å². The van der Waals surface area contributed by atoms with E-state index in [0.717, 1.165) is 0 Å². The normalized spacial score (nSPS) is 16.1. The van der Waals surface area contributed by atoms with Crippen molar-refractivity contribution in [2.24, 2.45) is 17.6 Å². The Morgan fingerprint density at radius 2 is 1.29 bits per heavy atom. The van der Waals surface area contributed by atoms with Gasteiger partial charge in [0.25, 0.3) is 0 Å². The van der Waals surface area contributed by atoms with E-state index in [-0.39, 0.29) is 6.42 Å². The molecule has 1 aromatic rings. The summed E-state index contributed by atoms with van der Waals surface area (Å²) in [7, 11) is 0. The highest BCUT2D eigenvalue weighted by molar-refractivity contribution is 5.97. The second kappa shape index (κ2) is 17.0. The maximum Gasteiger partial charge on any atom is 0.326 e. The van der Waals surface area contributed by atoms with Crippen LogP contribution in [0.3, 0.4) is 0 Å². The Labute approximate surface area is 244 Å². The van der Waals surface area contributed by atoms with Crippen LogP contribution in [0, 0.1) is 11.8 Å². The van der Waals surface area contributed by atoms with Crippen LogP contribution in [0.1, 0.15) is 53.0 Å². The Morgan fingerprint density at radius 1 is 0.762 bits per heavy atom. The Hall–Kier alpha value is -4.04. The van der Waals surface area contributed by atoms with E-state index < -0.39 is 90.1 Å². The lowest BCUT2D eigenvalue weighted by atomic mass is 9.96. The van der Waals surface area contributed by atoms with Crippen molar-refractivity contribution in [2.75, 3.05) is 0 Å². The minimum atomic E-state index is -1.64. The van der Waals surface area contributed by atoms with Gasteiger partial charge in [0.1, 0.15) is 30.2 Å². The van der Waals surface area contributed by atoms with E-state index in [1.54, 1.807) is 58.0 Å². The fraction of sp³-hybridized carbons (Fsp3) is 0.571. The highest BCUT2D eigenvalue weighted by Crippen LogP contribution is 2.11. The third kappa shape index (κ3) is 11.4. The van der Waals surface area contributed by atoms with Gasteiger partial charge in [0.2, 0.25) is 23.6 Å². The van der Waals surface area contributed by atoms with Crippen LogP contribution in [-0.2, 0) is 35.2 Å². The Balaban J connectivity index is 3.12. The zero-order valence-electron chi connectivity index (χ0n) is 24.5. The number of benzene rings is 1. The molecule has 42 heavy (non-hydrogen) atoms. The number of carbonyl (C=O) groups is 6. The van der Waals surface area contributed by atoms with Crippen molar-refractivity contribution in [3.8, 4) is 0 Å². The monoisotopic (exact) mass is 593 g/mol. The molecule has 0 fully saturated rings. The summed E-state index contributed by atoms with van der Waals surface area (Å²) in [5.41, 5.74) is 6.33. The molecule has 1 rings (SSSR count). The zero-order valence-corrected chi connectivity index (χ0v) is 24.5. The lowest BCUT2D eigenvalue weighted by Gasteiger charge is -2.29. The van der Waals surface area contributed by atoms with Gasteiger partial charge in [-0.15, -0.1) is 0 Å². The lowest BCUT2D eigenvalue weighted by Crippen LogP contribution is -2.61. The summed E-state index contributed by atoms with van der Waals surface area (Å²) in [5, 5.41) is 38.3. The van der Waals surface area contributed by atoms with Crippen LogP contribution in [0.25, 0.3) is 0 Å². The Morgan fingerprint density at radius 3 is 1.76 bits per heavy atom. The number of carboxylic acids is 2. The number of nitrogens with one attached hydrogen (secondary N) is 4. The highest BCUT2D eigenvalue weighted by Gasteiger charge is 2.35. The average Bonchev–Trinajstić information content (AvgIpc) is 2.92. The number of hydrogen-bond acceptors (Lipinski definition) is 8. The first-order chi connectivity index (χ1) is 19.6. The minimum Gasteiger partial charge on any atom is -0.481 e. The van der Waals surface area contributed by atoms with E-state index in [9.17, 15) is 44.1 Å². The van der Waals surface area contributed by atoms with Crippen LogP contribution in [0.5, 0.6) is 0 Å². The topological polar surface area (TPSA) is 237 Å². The van der Waals surface area contributed by atoms with E-state index in [0.29, 0.717) is 12.0 Å². The SMILES string of the molecule is CC[C@H](C)[C@H](NC(=O)[C@@H](N)[C@@H](C)O)C(=O)N[C@@H](CC(=O)O)C(=O)N[C@H](C(=O)N[C@@H](Cc1ccccc1)C(=O)O)C(C)C. The van der Waals surface area contributed by atoms with E-state index in [4.69, 9.17) is 5.73 Å². The fourth-order valence-electron chi connectivity index (χ4n) is 3.92. The molecule has 14 heteroatoms. The predicted molar refractivity (Wildman–Crippen MR) is 152 cm³/mol. The number of rotatable bonds is 17. The number of aliphatic hydroxyl groups is 1. The van der Waals surface area contributed by atoms with Gasteiger partial charge in [-0.3, -0.25) is 24.0 Å². The van der Waals surface area contributed by atoms with Crippen molar-refractivity contribution in [1.29, 1.82) is 0 Å². The smallest absolute Gasteiger partial charge is 0.326 e. The molecule has 14 nitrogen and oxygen atoms in total. The first kappa shape index (κ1) is 36.0. The molecule has 7 atom stereocenters. The zero-order chi connectivity index (χ0) is 32.1. The second-order valence-electron chi connectivity index (χ2n) is 10.6. The van der Waals surface area contributed by atoms with Crippen LogP contribution in [-0.4, -0.2) is 87.2 Å². The van der Waals surface area contributed by atoms with Crippen molar-refractivity contribution >= 4 is 35.6 Å². The first-order valence-corrected chi connectivity index (χ1v) is 13.7. The van der Waals surface area contributed by atoms with E-state index in [1.807, 2.05) is 0 Å². The molecule has 0 aromatic heterocycles. The van der Waals surface area contributed by atoms with E-state index in [1.165, 1.54) is 6.92 Å². The summed E-state index contributed by atoms with van der Waals surface area (Å²) in [4.78, 5) is 75.3. The Kier molecular flexibility index (Phi) is 14.6. The quantitative estimate of drug-likeness (QED) is 0.111.